The van der Waals surface area contributed by atoms with Gasteiger partial charge >= 0.3 is 0 Å². The lowest BCUT2D eigenvalue weighted by atomic mass is 9.88. The predicted octanol–water partition coefficient (Wildman–Crippen LogP) is 0.112. The van der Waals surface area contributed by atoms with Crippen LogP contribution in [0.4, 0.5) is 0 Å². The third-order valence-electron chi connectivity index (χ3n) is 2.92. The highest BCUT2D eigenvalue weighted by Crippen LogP contribution is 2.39. The number of fused-ring (bicyclic) bond motifs is 1. The van der Waals surface area contributed by atoms with Crippen LogP contribution >= 0.6 is 0 Å². The Morgan fingerprint density at radius 2 is 1.82 bits per heavy atom. The van der Waals surface area contributed by atoms with E-state index in [2.05, 4.69) is 0 Å². The van der Waals surface area contributed by atoms with Gasteiger partial charge in [-0.3, -0.25) is 0 Å². The molecule has 1 saturated carbocycles. The van der Waals surface area contributed by atoms with Crippen LogP contribution in [-0.2, 0) is 4.74 Å². The van der Waals surface area contributed by atoms with E-state index in [1.54, 1.807) is 0 Å². The van der Waals surface area contributed by atoms with Crippen LogP contribution in [0.1, 0.15) is 19.3 Å². The molecule has 64 valence electrons. The molecule has 2 rings (SSSR count). The van der Waals surface area contributed by atoms with Gasteiger partial charge in [0.2, 0.25) is 0 Å². The molecule has 0 aromatic carbocycles. The Labute approximate surface area is 66.0 Å². The van der Waals surface area contributed by atoms with Crippen LogP contribution in [0, 0.1) is 11.8 Å². The Bertz CT molecular complexity index is 132. The zero-order chi connectivity index (χ0) is 7.84. The summed E-state index contributed by atoms with van der Waals surface area (Å²) in [6.45, 7) is 0.308. The van der Waals surface area contributed by atoms with E-state index in [0.717, 1.165) is 19.3 Å². The van der Waals surface area contributed by atoms with E-state index in [9.17, 15) is 10.2 Å². The average Bonchev–Trinajstić information content (AvgIpc) is 2.45. The monoisotopic (exact) mass is 158 g/mol. The Morgan fingerprint density at radius 1 is 1.09 bits per heavy atom. The van der Waals surface area contributed by atoms with Gasteiger partial charge in [-0.25, -0.2) is 0 Å². The van der Waals surface area contributed by atoms with Crippen LogP contribution in [0.3, 0.4) is 0 Å². The van der Waals surface area contributed by atoms with E-state index < -0.39 is 6.29 Å². The molecule has 2 fully saturated rings. The Morgan fingerprint density at radius 3 is 2.55 bits per heavy atom. The fourth-order valence-corrected chi connectivity index (χ4v) is 2.29. The van der Waals surface area contributed by atoms with E-state index in [-0.39, 0.29) is 12.0 Å². The Hall–Kier alpha value is -0.120. The summed E-state index contributed by atoms with van der Waals surface area (Å²) in [4.78, 5) is 0. The molecule has 1 saturated heterocycles. The molecule has 0 amide bonds. The lowest BCUT2D eigenvalue weighted by Gasteiger charge is -2.34. The third kappa shape index (κ3) is 1.17. The summed E-state index contributed by atoms with van der Waals surface area (Å²) in [5.74, 6) is 0.484. The second-order valence-corrected chi connectivity index (χ2v) is 3.55. The third-order valence-corrected chi connectivity index (χ3v) is 2.92. The molecular formula is C8H14O3. The molecule has 3 heteroatoms. The standard InChI is InChI=1S/C8H14O3/c9-7-4-11-8(10)6-3-1-2-5(6)7/h5-10H,1-4H2. The minimum Gasteiger partial charge on any atom is -0.390 e. The summed E-state index contributed by atoms with van der Waals surface area (Å²) >= 11 is 0. The van der Waals surface area contributed by atoms with Crippen molar-refractivity contribution in [3.8, 4) is 0 Å². The van der Waals surface area contributed by atoms with Crippen LogP contribution in [0.15, 0.2) is 0 Å². The van der Waals surface area contributed by atoms with Crippen LogP contribution in [0.2, 0.25) is 0 Å². The zero-order valence-electron chi connectivity index (χ0n) is 6.44. The van der Waals surface area contributed by atoms with E-state index in [0.29, 0.717) is 12.5 Å². The first kappa shape index (κ1) is 7.53. The number of rotatable bonds is 0. The second-order valence-electron chi connectivity index (χ2n) is 3.55. The quantitative estimate of drug-likeness (QED) is 0.526. The highest BCUT2D eigenvalue weighted by Gasteiger charge is 2.41. The summed E-state index contributed by atoms with van der Waals surface area (Å²) in [7, 11) is 0. The lowest BCUT2D eigenvalue weighted by molar-refractivity contribution is -0.205. The second kappa shape index (κ2) is 2.73. The van der Waals surface area contributed by atoms with Crippen molar-refractivity contribution in [2.75, 3.05) is 6.61 Å². The molecule has 11 heavy (non-hydrogen) atoms. The molecule has 4 unspecified atom stereocenters. The number of hydrogen-bond donors (Lipinski definition) is 2. The van der Waals surface area contributed by atoms with Crippen molar-refractivity contribution >= 4 is 0 Å². The van der Waals surface area contributed by atoms with Gasteiger partial charge in [-0.2, -0.15) is 0 Å². The smallest absolute Gasteiger partial charge is 0.157 e. The van der Waals surface area contributed by atoms with Gasteiger partial charge in [0.05, 0.1) is 12.7 Å². The van der Waals surface area contributed by atoms with Gasteiger partial charge in [-0.05, 0) is 18.8 Å². The maximum atomic E-state index is 9.46. The maximum absolute atomic E-state index is 9.46. The summed E-state index contributed by atoms with van der Waals surface area (Å²) in [6, 6.07) is 0. The number of ether oxygens (including phenoxy) is 1. The van der Waals surface area contributed by atoms with Gasteiger partial charge in [0.1, 0.15) is 0 Å². The van der Waals surface area contributed by atoms with E-state index in [1.807, 2.05) is 0 Å². The van der Waals surface area contributed by atoms with Crippen LogP contribution in [0.5, 0.6) is 0 Å². The van der Waals surface area contributed by atoms with Crippen molar-refractivity contribution in [1.82, 2.24) is 0 Å². The fraction of sp³-hybridized carbons (Fsp3) is 1.00. The number of hydrogen-bond acceptors (Lipinski definition) is 3. The SMILES string of the molecule is OC1COC(O)C2CCCC12. The molecule has 1 aliphatic carbocycles. The minimum atomic E-state index is -0.620. The Kier molecular flexibility index (Phi) is 1.87. The van der Waals surface area contributed by atoms with E-state index in [1.165, 1.54) is 0 Å². The zero-order valence-corrected chi connectivity index (χ0v) is 6.44. The summed E-state index contributed by atoms with van der Waals surface area (Å²) in [5.41, 5.74) is 0. The highest BCUT2D eigenvalue weighted by atomic mass is 16.6. The van der Waals surface area contributed by atoms with Gasteiger partial charge in [0.25, 0.3) is 0 Å². The molecule has 0 radical (unpaired) electrons. The van der Waals surface area contributed by atoms with Crippen molar-refractivity contribution < 1.29 is 14.9 Å². The van der Waals surface area contributed by atoms with Crippen molar-refractivity contribution in [3.05, 3.63) is 0 Å². The van der Waals surface area contributed by atoms with Crippen LogP contribution in [0.25, 0.3) is 0 Å². The van der Waals surface area contributed by atoms with Crippen LogP contribution in [-0.4, -0.2) is 29.2 Å². The van der Waals surface area contributed by atoms with Gasteiger partial charge in [-0.1, -0.05) is 6.42 Å². The summed E-state index contributed by atoms with van der Waals surface area (Å²) < 4.78 is 5.01. The molecule has 1 aliphatic heterocycles. The van der Waals surface area contributed by atoms with Gasteiger partial charge in [0, 0.05) is 5.92 Å². The molecule has 2 N–H and O–H groups in total. The predicted molar refractivity (Wildman–Crippen MR) is 38.8 cm³/mol. The highest BCUT2D eigenvalue weighted by molar-refractivity contribution is 4.87. The topological polar surface area (TPSA) is 49.7 Å². The molecule has 3 nitrogen and oxygen atoms in total. The average molecular weight is 158 g/mol. The first-order valence-corrected chi connectivity index (χ1v) is 4.27. The molecule has 1 heterocycles. The molecular weight excluding hydrogens is 144 g/mol. The van der Waals surface area contributed by atoms with Gasteiger partial charge in [-0.15, -0.1) is 0 Å². The molecule has 0 aromatic rings. The summed E-state index contributed by atoms with van der Waals surface area (Å²) in [5, 5.41) is 18.8. The van der Waals surface area contributed by atoms with Crippen LogP contribution < -0.4 is 0 Å². The number of aliphatic hydroxyl groups excluding tert-OH is 2. The van der Waals surface area contributed by atoms with Crippen molar-refractivity contribution in [2.24, 2.45) is 11.8 Å². The van der Waals surface area contributed by atoms with Crippen molar-refractivity contribution in [1.29, 1.82) is 0 Å². The van der Waals surface area contributed by atoms with Gasteiger partial charge in [0.15, 0.2) is 6.29 Å². The minimum absolute atomic E-state index is 0.193. The lowest BCUT2D eigenvalue weighted by Crippen LogP contribution is -2.42. The van der Waals surface area contributed by atoms with E-state index >= 15 is 0 Å². The molecule has 2 aliphatic rings. The maximum Gasteiger partial charge on any atom is 0.157 e. The normalized spacial score (nSPS) is 50.7. The van der Waals surface area contributed by atoms with Crippen molar-refractivity contribution in [3.63, 3.8) is 0 Å². The first-order valence-electron chi connectivity index (χ1n) is 4.27. The molecule has 0 spiro atoms. The largest absolute Gasteiger partial charge is 0.390 e. The Balaban J connectivity index is 2.08. The molecule has 4 atom stereocenters. The fourth-order valence-electron chi connectivity index (χ4n) is 2.29. The molecule has 0 bridgehead atoms. The van der Waals surface area contributed by atoms with Crippen molar-refractivity contribution in [2.45, 2.75) is 31.7 Å². The van der Waals surface area contributed by atoms with Gasteiger partial charge < -0.3 is 14.9 Å². The summed E-state index contributed by atoms with van der Waals surface area (Å²) in [6.07, 6.45) is 2.21. The molecule has 0 aromatic heterocycles. The number of aliphatic hydroxyl groups is 2. The first-order chi connectivity index (χ1) is 5.29. The van der Waals surface area contributed by atoms with E-state index in [4.69, 9.17) is 4.74 Å².